The molecule has 3 aromatic carbocycles. The number of anilines is 2. The van der Waals surface area contributed by atoms with Gasteiger partial charge in [0.05, 0.1) is 6.10 Å². The third-order valence-electron chi connectivity index (χ3n) is 6.27. The van der Waals surface area contributed by atoms with Gasteiger partial charge in [-0.2, -0.15) is 0 Å². The van der Waals surface area contributed by atoms with Gasteiger partial charge in [0.2, 0.25) is 0 Å². The average Bonchev–Trinajstić information content (AvgIpc) is 3.36. The summed E-state index contributed by atoms with van der Waals surface area (Å²) in [5.74, 6) is -0.927. The summed E-state index contributed by atoms with van der Waals surface area (Å²) in [7, 11) is 3.88. The number of carbonyl (C=O) groups is 2. The Bertz CT molecular complexity index is 1240. The summed E-state index contributed by atoms with van der Waals surface area (Å²) in [4.78, 5) is 30.1. The number of hydrogen-bond donors (Lipinski definition) is 1. The van der Waals surface area contributed by atoms with E-state index in [0.717, 1.165) is 29.7 Å². The first-order valence-electron chi connectivity index (χ1n) is 12.1. The number of halogens is 1. The molecule has 0 spiro atoms. The van der Waals surface area contributed by atoms with Gasteiger partial charge in [0.25, 0.3) is 11.8 Å². The maximum Gasteiger partial charge on any atom is 0.255 e. The first-order chi connectivity index (χ1) is 17.3. The van der Waals surface area contributed by atoms with Gasteiger partial charge < -0.3 is 19.9 Å². The molecule has 1 saturated heterocycles. The van der Waals surface area contributed by atoms with E-state index in [2.05, 4.69) is 5.32 Å². The maximum atomic E-state index is 13.6. The quantitative estimate of drug-likeness (QED) is 0.468. The van der Waals surface area contributed by atoms with Crippen LogP contribution in [0, 0.1) is 12.7 Å². The van der Waals surface area contributed by atoms with Crippen molar-refractivity contribution in [3.8, 4) is 0 Å². The molecular weight excluding hydrogens is 457 g/mol. The standard InChI is InChI=1S/C29H32FN3O3/c1-20-7-4-9-22(15-20)29(35)33(19-26-11-6-14-36-26)18-23-17-25(12-13-27(23)32(2)3)31-28(34)21-8-5-10-24(30)16-21/h4-5,7-10,12-13,15-17,26H,6,11,14,18-19H2,1-3H3,(H,31,34)/t26-/m1/s1. The zero-order valence-electron chi connectivity index (χ0n) is 21.0. The zero-order valence-corrected chi connectivity index (χ0v) is 21.0. The normalized spacial score (nSPS) is 14.9. The summed E-state index contributed by atoms with van der Waals surface area (Å²) >= 11 is 0. The Morgan fingerprint density at radius 2 is 1.81 bits per heavy atom. The summed E-state index contributed by atoms with van der Waals surface area (Å²) in [6.07, 6.45) is 1.90. The predicted molar refractivity (Wildman–Crippen MR) is 140 cm³/mol. The van der Waals surface area contributed by atoms with E-state index in [1.165, 1.54) is 18.2 Å². The van der Waals surface area contributed by atoms with Crippen molar-refractivity contribution in [2.75, 3.05) is 37.5 Å². The zero-order chi connectivity index (χ0) is 25.7. The summed E-state index contributed by atoms with van der Waals surface area (Å²) < 4.78 is 19.4. The second kappa shape index (κ2) is 11.4. The van der Waals surface area contributed by atoms with Crippen LogP contribution in [-0.4, -0.2) is 50.1 Å². The number of benzene rings is 3. The minimum Gasteiger partial charge on any atom is -0.377 e. The Kier molecular flexibility index (Phi) is 8.00. The molecule has 2 amide bonds. The minimum atomic E-state index is -0.467. The van der Waals surface area contributed by atoms with Crippen LogP contribution in [0.5, 0.6) is 0 Å². The van der Waals surface area contributed by atoms with Crippen LogP contribution in [0.4, 0.5) is 15.8 Å². The van der Waals surface area contributed by atoms with E-state index >= 15 is 0 Å². The minimum absolute atomic E-state index is 0.00238. The van der Waals surface area contributed by atoms with Crippen LogP contribution in [0.15, 0.2) is 66.7 Å². The molecule has 0 bridgehead atoms. The van der Waals surface area contributed by atoms with Crippen molar-refractivity contribution in [3.63, 3.8) is 0 Å². The SMILES string of the molecule is Cc1cccc(C(=O)N(Cc2cc(NC(=O)c3cccc(F)c3)ccc2N(C)C)C[C@H]2CCCO2)c1. The number of amides is 2. The number of hydrogen-bond acceptors (Lipinski definition) is 4. The second-order valence-corrected chi connectivity index (χ2v) is 9.39. The van der Waals surface area contributed by atoms with E-state index in [1.54, 1.807) is 6.07 Å². The molecule has 1 heterocycles. The molecule has 7 heteroatoms. The Morgan fingerprint density at radius 1 is 1.03 bits per heavy atom. The van der Waals surface area contributed by atoms with Crippen LogP contribution in [0.3, 0.4) is 0 Å². The van der Waals surface area contributed by atoms with Crippen molar-refractivity contribution in [1.82, 2.24) is 4.90 Å². The topological polar surface area (TPSA) is 61.9 Å². The van der Waals surface area contributed by atoms with Crippen LogP contribution in [0.2, 0.25) is 0 Å². The molecule has 1 aliphatic heterocycles. The van der Waals surface area contributed by atoms with Crippen molar-refractivity contribution in [2.45, 2.75) is 32.4 Å². The highest BCUT2D eigenvalue weighted by atomic mass is 19.1. The molecule has 3 aromatic rings. The summed E-state index contributed by atoms with van der Waals surface area (Å²) in [5, 5.41) is 2.85. The largest absolute Gasteiger partial charge is 0.377 e. The Labute approximate surface area is 211 Å². The number of rotatable bonds is 8. The lowest BCUT2D eigenvalue weighted by molar-refractivity contribution is 0.0507. The Balaban J connectivity index is 1.62. The molecule has 1 fully saturated rings. The highest BCUT2D eigenvalue weighted by Gasteiger charge is 2.25. The Hall–Kier alpha value is -3.71. The van der Waals surface area contributed by atoms with Crippen molar-refractivity contribution in [3.05, 3.63) is 94.8 Å². The van der Waals surface area contributed by atoms with E-state index in [4.69, 9.17) is 4.74 Å². The van der Waals surface area contributed by atoms with Gasteiger partial charge >= 0.3 is 0 Å². The highest BCUT2D eigenvalue weighted by Crippen LogP contribution is 2.27. The van der Waals surface area contributed by atoms with Crippen LogP contribution < -0.4 is 10.2 Å². The van der Waals surface area contributed by atoms with Gasteiger partial charge in [0.1, 0.15) is 5.82 Å². The van der Waals surface area contributed by atoms with Gasteiger partial charge in [-0.1, -0.05) is 23.8 Å². The fourth-order valence-corrected chi connectivity index (χ4v) is 4.48. The van der Waals surface area contributed by atoms with Crippen LogP contribution in [-0.2, 0) is 11.3 Å². The summed E-state index contributed by atoms with van der Waals surface area (Å²) in [6.45, 7) is 3.52. The third kappa shape index (κ3) is 6.29. The molecule has 0 aromatic heterocycles. The number of nitrogens with one attached hydrogen (secondary N) is 1. The molecule has 1 atom stereocenters. The second-order valence-electron chi connectivity index (χ2n) is 9.39. The third-order valence-corrected chi connectivity index (χ3v) is 6.27. The lowest BCUT2D eigenvalue weighted by Gasteiger charge is -2.28. The van der Waals surface area contributed by atoms with Crippen molar-refractivity contribution >= 4 is 23.2 Å². The molecule has 0 aliphatic carbocycles. The van der Waals surface area contributed by atoms with Gasteiger partial charge in [-0.15, -0.1) is 0 Å². The number of carbonyl (C=O) groups excluding carboxylic acids is 2. The number of aryl methyl sites for hydroxylation is 1. The van der Waals surface area contributed by atoms with Crippen molar-refractivity contribution in [1.29, 1.82) is 0 Å². The van der Waals surface area contributed by atoms with Gasteiger partial charge in [-0.3, -0.25) is 9.59 Å². The lowest BCUT2D eigenvalue weighted by Crippen LogP contribution is -2.37. The summed E-state index contributed by atoms with van der Waals surface area (Å²) in [6, 6.07) is 18.8. The van der Waals surface area contributed by atoms with E-state index < -0.39 is 11.7 Å². The number of ether oxygens (including phenoxy) is 1. The van der Waals surface area contributed by atoms with Crippen molar-refractivity contribution < 1.29 is 18.7 Å². The highest BCUT2D eigenvalue weighted by molar-refractivity contribution is 6.04. The molecular formula is C29H32FN3O3. The summed E-state index contributed by atoms with van der Waals surface area (Å²) in [5.41, 5.74) is 4.29. The number of nitrogens with zero attached hydrogens (tertiary/aromatic N) is 2. The van der Waals surface area contributed by atoms with Gasteiger partial charge in [-0.05, 0) is 73.9 Å². The predicted octanol–water partition coefficient (Wildman–Crippen LogP) is 5.27. The monoisotopic (exact) mass is 489 g/mol. The van der Waals surface area contributed by atoms with Crippen LogP contribution in [0.1, 0.15) is 44.7 Å². The molecule has 1 N–H and O–H groups in total. The smallest absolute Gasteiger partial charge is 0.255 e. The van der Waals surface area contributed by atoms with E-state index in [-0.39, 0.29) is 17.6 Å². The van der Waals surface area contributed by atoms with E-state index in [1.807, 2.05) is 73.3 Å². The first kappa shape index (κ1) is 25.4. The molecule has 4 rings (SSSR count). The van der Waals surface area contributed by atoms with Gasteiger partial charge in [0.15, 0.2) is 0 Å². The van der Waals surface area contributed by atoms with Crippen LogP contribution >= 0.6 is 0 Å². The van der Waals surface area contributed by atoms with E-state index in [9.17, 15) is 14.0 Å². The lowest BCUT2D eigenvalue weighted by atomic mass is 10.1. The molecule has 0 unspecified atom stereocenters. The fraction of sp³-hybridized carbons (Fsp3) is 0.310. The van der Waals surface area contributed by atoms with Gasteiger partial charge in [-0.25, -0.2) is 4.39 Å². The molecule has 1 aliphatic rings. The fourth-order valence-electron chi connectivity index (χ4n) is 4.48. The van der Waals surface area contributed by atoms with E-state index in [0.29, 0.717) is 30.9 Å². The maximum absolute atomic E-state index is 13.6. The molecule has 0 saturated carbocycles. The first-order valence-corrected chi connectivity index (χ1v) is 12.1. The molecule has 36 heavy (non-hydrogen) atoms. The van der Waals surface area contributed by atoms with Gasteiger partial charge in [0, 0.05) is 56.3 Å². The van der Waals surface area contributed by atoms with Crippen LogP contribution in [0.25, 0.3) is 0 Å². The molecule has 6 nitrogen and oxygen atoms in total. The molecule has 0 radical (unpaired) electrons. The Morgan fingerprint density at radius 3 is 2.50 bits per heavy atom. The molecule has 188 valence electrons. The van der Waals surface area contributed by atoms with Crippen molar-refractivity contribution in [2.24, 2.45) is 0 Å². The average molecular weight is 490 g/mol.